The smallest absolute Gasteiger partial charge is 0.419 e. The van der Waals surface area contributed by atoms with Gasteiger partial charge in [0.05, 0.1) is 16.6 Å². The molecule has 1 heterocycles. The largest absolute Gasteiger partial charge is 0.491 e. The van der Waals surface area contributed by atoms with E-state index in [1.807, 2.05) is 13.8 Å². The van der Waals surface area contributed by atoms with Gasteiger partial charge in [0, 0.05) is 16.6 Å². The first-order chi connectivity index (χ1) is 17.1. The molecule has 3 rings (SSSR count). The van der Waals surface area contributed by atoms with Gasteiger partial charge in [-0.25, -0.2) is 4.79 Å². The van der Waals surface area contributed by atoms with Gasteiger partial charge in [0.25, 0.3) is 0 Å². The molecule has 1 N–H and O–H groups in total. The third-order valence-electron chi connectivity index (χ3n) is 5.51. The van der Waals surface area contributed by atoms with Gasteiger partial charge >= 0.3 is 12.3 Å². The highest BCUT2D eigenvalue weighted by Gasteiger charge is 2.37. The van der Waals surface area contributed by atoms with Crippen molar-refractivity contribution in [2.75, 3.05) is 6.61 Å². The van der Waals surface area contributed by atoms with Crippen LogP contribution in [-0.2, 0) is 10.9 Å². The fraction of sp³-hybridized carbons (Fsp3) is 0.429. The van der Waals surface area contributed by atoms with E-state index in [-0.39, 0.29) is 18.3 Å². The third-order valence-corrected chi connectivity index (χ3v) is 5.74. The average molecular weight is 537 g/mol. The SMILES string of the molecule is CC(C)C[C@@](C)(COc1ccc(-c2ccnc3cc(Cl)ccc23)cc1C(F)(F)F)NC(=O)OC(C)(C)C. The average Bonchev–Trinajstić information content (AvgIpc) is 2.74. The number of carbonyl (C=O) groups excluding carboxylic acids is 1. The van der Waals surface area contributed by atoms with Crippen LogP contribution in [-0.4, -0.2) is 28.8 Å². The monoisotopic (exact) mass is 536 g/mol. The minimum absolute atomic E-state index is 0.140. The molecule has 0 spiro atoms. The molecular formula is C28H32ClF3N2O3. The van der Waals surface area contributed by atoms with Gasteiger partial charge in [0.1, 0.15) is 18.0 Å². The minimum atomic E-state index is -4.66. The van der Waals surface area contributed by atoms with Crippen LogP contribution in [0.3, 0.4) is 0 Å². The predicted molar refractivity (Wildman–Crippen MR) is 140 cm³/mol. The lowest BCUT2D eigenvalue weighted by Gasteiger charge is -2.33. The van der Waals surface area contributed by atoms with E-state index in [9.17, 15) is 18.0 Å². The number of fused-ring (bicyclic) bond motifs is 1. The number of pyridine rings is 1. The van der Waals surface area contributed by atoms with E-state index in [2.05, 4.69) is 10.3 Å². The van der Waals surface area contributed by atoms with E-state index in [0.29, 0.717) is 33.5 Å². The summed E-state index contributed by atoms with van der Waals surface area (Å²) in [6, 6.07) is 10.7. The van der Waals surface area contributed by atoms with Crippen LogP contribution in [0, 0.1) is 5.92 Å². The zero-order chi connectivity index (χ0) is 27.6. The van der Waals surface area contributed by atoms with Gasteiger partial charge in [-0.05, 0) is 81.5 Å². The first-order valence-electron chi connectivity index (χ1n) is 12.0. The van der Waals surface area contributed by atoms with Crippen LogP contribution in [0.5, 0.6) is 5.75 Å². The third kappa shape index (κ3) is 7.74. The minimum Gasteiger partial charge on any atom is -0.491 e. The predicted octanol–water partition coefficient (Wildman–Crippen LogP) is 8.28. The Morgan fingerprint density at radius 3 is 2.38 bits per heavy atom. The highest BCUT2D eigenvalue weighted by Crippen LogP contribution is 2.40. The Labute approximate surface area is 220 Å². The molecule has 0 radical (unpaired) electrons. The maximum Gasteiger partial charge on any atom is 0.419 e. The van der Waals surface area contributed by atoms with Gasteiger partial charge in [-0.2, -0.15) is 13.2 Å². The van der Waals surface area contributed by atoms with Crippen molar-refractivity contribution in [3.05, 3.63) is 59.2 Å². The zero-order valence-corrected chi connectivity index (χ0v) is 22.6. The number of hydrogen-bond donors (Lipinski definition) is 1. The Kier molecular flexibility index (Phi) is 8.32. The van der Waals surface area contributed by atoms with E-state index < -0.39 is 29.0 Å². The van der Waals surface area contributed by atoms with Crippen molar-refractivity contribution < 1.29 is 27.4 Å². The van der Waals surface area contributed by atoms with E-state index in [1.165, 1.54) is 12.3 Å². The summed E-state index contributed by atoms with van der Waals surface area (Å²) in [4.78, 5) is 16.7. The number of nitrogens with zero attached hydrogens (tertiary/aromatic N) is 1. The topological polar surface area (TPSA) is 60.5 Å². The summed E-state index contributed by atoms with van der Waals surface area (Å²) in [5.74, 6) is -0.180. The molecule has 0 bridgehead atoms. The molecule has 0 fully saturated rings. The van der Waals surface area contributed by atoms with Gasteiger partial charge in [-0.1, -0.05) is 37.6 Å². The van der Waals surface area contributed by atoms with Gasteiger partial charge in [-0.3, -0.25) is 4.98 Å². The summed E-state index contributed by atoms with van der Waals surface area (Å²) in [6.45, 7) is 10.7. The van der Waals surface area contributed by atoms with E-state index in [1.54, 1.807) is 58.0 Å². The lowest BCUT2D eigenvalue weighted by Crippen LogP contribution is -2.52. The number of rotatable bonds is 7. The Morgan fingerprint density at radius 2 is 1.76 bits per heavy atom. The van der Waals surface area contributed by atoms with Crippen molar-refractivity contribution in [3.8, 4) is 16.9 Å². The van der Waals surface area contributed by atoms with Crippen molar-refractivity contribution in [2.45, 2.75) is 65.3 Å². The van der Waals surface area contributed by atoms with Gasteiger partial charge in [-0.15, -0.1) is 0 Å². The molecule has 0 saturated carbocycles. The standard InChI is InChI=1S/C28H32ClF3N2O3/c1-17(2)15-27(6,34-25(35)37-26(3,4)5)16-36-24-10-7-18(13-22(24)28(30,31)32)20-11-12-33-23-14-19(29)8-9-21(20)23/h7-14,17H,15-16H2,1-6H3,(H,34,35)/t27-/m0/s1. The lowest BCUT2D eigenvalue weighted by atomic mass is 9.91. The first-order valence-corrected chi connectivity index (χ1v) is 12.3. The number of hydrogen-bond acceptors (Lipinski definition) is 4. The van der Waals surface area contributed by atoms with Crippen LogP contribution >= 0.6 is 11.6 Å². The van der Waals surface area contributed by atoms with E-state index in [4.69, 9.17) is 21.1 Å². The number of ether oxygens (including phenoxy) is 2. The highest BCUT2D eigenvalue weighted by molar-refractivity contribution is 6.31. The van der Waals surface area contributed by atoms with Crippen LogP contribution in [0.25, 0.3) is 22.0 Å². The number of amides is 1. The molecule has 1 aromatic heterocycles. The summed E-state index contributed by atoms with van der Waals surface area (Å²) in [5.41, 5.74) is -1.05. The number of alkyl halides is 3. The number of nitrogens with one attached hydrogen (secondary N) is 1. The number of halogens is 4. The van der Waals surface area contributed by atoms with E-state index >= 15 is 0 Å². The molecule has 0 aliphatic rings. The van der Waals surface area contributed by atoms with Crippen LogP contribution < -0.4 is 10.1 Å². The zero-order valence-electron chi connectivity index (χ0n) is 21.8. The molecule has 0 saturated heterocycles. The van der Waals surface area contributed by atoms with Crippen molar-refractivity contribution in [1.29, 1.82) is 0 Å². The van der Waals surface area contributed by atoms with Crippen molar-refractivity contribution >= 4 is 28.6 Å². The van der Waals surface area contributed by atoms with Gasteiger partial charge in [0.15, 0.2) is 0 Å². The summed E-state index contributed by atoms with van der Waals surface area (Å²) in [7, 11) is 0. The normalized spacial score (nSPS) is 13.9. The molecule has 0 aliphatic carbocycles. The van der Waals surface area contributed by atoms with Crippen molar-refractivity contribution in [3.63, 3.8) is 0 Å². The van der Waals surface area contributed by atoms with Crippen LogP contribution in [0.15, 0.2) is 48.7 Å². The number of carbonyl (C=O) groups is 1. The first kappa shape index (κ1) is 28.6. The molecule has 5 nitrogen and oxygen atoms in total. The molecule has 9 heteroatoms. The van der Waals surface area contributed by atoms with Gasteiger partial charge < -0.3 is 14.8 Å². The lowest BCUT2D eigenvalue weighted by molar-refractivity contribution is -0.139. The molecule has 2 aromatic carbocycles. The molecule has 37 heavy (non-hydrogen) atoms. The number of benzene rings is 2. The maximum absolute atomic E-state index is 14.1. The molecule has 0 unspecified atom stereocenters. The number of alkyl carbamates (subject to hydrolysis) is 1. The Hall–Kier alpha value is -3.00. The molecule has 1 atom stereocenters. The summed E-state index contributed by atoms with van der Waals surface area (Å²) in [6.07, 6.45) is -3.32. The Bertz CT molecular complexity index is 1270. The van der Waals surface area contributed by atoms with Gasteiger partial charge in [0.2, 0.25) is 0 Å². The summed E-state index contributed by atoms with van der Waals surface area (Å²) in [5, 5.41) is 3.95. The molecular weight excluding hydrogens is 505 g/mol. The summed E-state index contributed by atoms with van der Waals surface area (Å²) >= 11 is 6.05. The maximum atomic E-state index is 14.1. The molecule has 200 valence electrons. The fourth-order valence-corrected chi connectivity index (χ4v) is 4.42. The quantitative estimate of drug-likeness (QED) is 0.330. The summed E-state index contributed by atoms with van der Waals surface area (Å²) < 4.78 is 53.5. The second-order valence-corrected chi connectivity index (χ2v) is 11.2. The van der Waals surface area contributed by atoms with E-state index in [0.717, 1.165) is 6.07 Å². The van der Waals surface area contributed by atoms with Crippen molar-refractivity contribution in [1.82, 2.24) is 10.3 Å². The molecule has 1 amide bonds. The second kappa shape index (κ2) is 10.8. The molecule has 0 aliphatic heterocycles. The Balaban J connectivity index is 1.94. The van der Waals surface area contributed by atoms with Crippen LogP contribution in [0.4, 0.5) is 18.0 Å². The van der Waals surface area contributed by atoms with Crippen LogP contribution in [0.2, 0.25) is 5.02 Å². The second-order valence-electron chi connectivity index (χ2n) is 10.8. The van der Waals surface area contributed by atoms with Crippen LogP contribution in [0.1, 0.15) is 53.5 Å². The van der Waals surface area contributed by atoms with Crippen molar-refractivity contribution in [2.24, 2.45) is 5.92 Å². The molecule has 3 aromatic rings. The number of aromatic nitrogens is 1. The highest BCUT2D eigenvalue weighted by atomic mass is 35.5. The Morgan fingerprint density at radius 1 is 1.05 bits per heavy atom. The fourth-order valence-electron chi connectivity index (χ4n) is 4.25.